The first-order valence-electron chi connectivity index (χ1n) is 8.84. The lowest BCUT2D eigenvalue weighted by Gasteiger charge is -2.56. The Hall–Kier alpha value is -1.95. The van der Waals surface area contributed by atoms with Crippen LogP contribution in [0.5, 0.6) is 0 Å². The minimum atomic E-state index is -0.0216. The van der Waals surface area contributed by atoms with Gasteiger partial charge >= 0.3 is 0 Å². The fourth-order valence-electron chi connectivity index (χ4n) is 4.65. The second-order valence-corrected chi connectivity index (χ2v) is 7.00. The van der Waals surface area contributed by atoms with E-state index in [0.717, 1.165) is 25.9 Å². The molecule has 24 heavy (non-hydrogen) atoms. The highest BCUT2D eigenvalue weighted by Gasteiger charge is 2.58. The molecule has 0 aliphatic heterocycles. The fourth-order valence-corrected chi connectivity index (χ4v) is 4.65. The van der Waals surface area contributed by atoms with Crippen molar-refractivity contribution in [3.05, 3.63) is 30.4 Å². The summed E-state index contributed by atoms with van der Waals surface area (Å²) in [5.41, 5.74) is 0.613. The standard InChI is InChI=1S/C18H24N4O2/c1-3-24-15-11-14(18(15)7-4-5-8-18)21(2)16(23)13-12-22-10-6-9-19-17(22)20-13/h6,9-10,12,14-15H,3-5,7-8,11H2,1-2H3/t14-,15-/m0/s1. The Morgan fingerprint density at radius 2 is 2.25 bits per heavy atom. The van der Waals surface area contributed by atoms with Crippen LogP contribution < -0.4 is 0 Å². The molecule has 0 saturated heterocycles. The van der Waals surface area contributed by atoms with Gasteiger partial charge in [-0.1, -0.05) is 12.8 Å². The number of imidazole rings is 1. The van der Waals surface area contributed by atoms with Gasteiger partial charge in [-0.25, -0.2) is 9.97 Å². The predicted molar refractivity (Wildman–Crippen MR) is 89.8 cm³/mol. The van der Waals surface area contributed by atoms with Gasteiger partial charge in [-0.05, 0) is 32.3 Å². The summed E-state index contributed by atoms with van der Waals surface area (Å²) in [6, 6.07) is 2.08. The van der Waals surface area contributed by atoms with Gasteiger partial charge in [-0.2, -0.15) is 0 Å². The number of ether oxygens (including phenoxy) is 1. The second-order valence-electron chi connectivity index (χ2n) is 7.00. The molecule has 0 radical (unpaired) electrons. The van der Waals surface area contributed by atoms with Gasteiger partial charge in [0, 0.05) is 43.7 Å². The van der Waals surface area contributed by atoms with Crippen molar-refractivity contribution in [3.63, 3.8) is 0 Å². The lowest BCUT2D eigenvalue weighted by molar-refractivity contribution is -0.152. The van der Waals surface area contributed by atoms with Gasteiger partial charge in [0.05, 0.1) is 6.10 Å². The number of rotatable bonds is 4. The highest BCUT2D eigenvalue weighted by Crippen LogP contribution is 2.56. The Kier molecular flexibility index (Phi) is 3.79. The smallest absolute Gasteiger partial charge is 0.274 e. The first kappa shape index (κ1) is 15.6. The SMILES string of the molecule is CCO[C@H]1C[C@H](N(C)C(=O)c2cn3cccnc3n2)C12CCCC2. The molecule has 2 aliphatic carbocycles. The number of carbonyl (C=O) groups is 1. The van der Waals surface area contributed by atoms with Crippen LogP contribution in [0, 0.1) is 5.41 Å². The predicted octanol–water partition coefficient (Wildman–Crippen LogP) is 2.54. The number of hydrogen-bond donors (Lipinski definition) is 0. The minimum absolute atomic E-state index is 0.0216. The fraction of sp³-hybridized carbons (Fsp3) is 0.611. The second kappa shape index (κ2) is 5.84. The van der Waals surface area contributed by atoms with E-state index in [4.69, 9.17) is 4.74 Å². The van der Waals surface area contributed by atoms with Crippen molar-refractivity contribution in [3.8, 4) is 0 Å². The lowest BCUT2D eigenvalue weighted by Crippen LogP contribution is -2.64. The summed E-state index contributed by atoms with van der Waals surface area (Å²) in [6.07, 6.45) is 11.3. The summed E-state index contributed by atoms with van der Waals surface area (Å²) in [5.74, 6) is 0.539. The molecule has 1 amide bonds. The van der Waals surface area contributed by atoms with E-state index in [1.54, 1.807) is 16.8 Å². The van der Waals surface area contributed by atoms with Crippen molar-refractivity contribution in [2.45, 2.75) is 51.2 Å². The summed E-state index contributed by atoms with van der Waals surface area (Å²) in [7, 11) is 1.91. The molecule has 6 nitrogen and oxygen atoms in total. The number of hydrogen-bond acceptors (Lipinski definition) is 4. The Morgan fingerprint density at radius 3 is 2.96 bits per heavy atom. The third-order valence-electron chi connectivity index (χ3n) is 5.89. The van der Waals surface area contributed by atoms with Gasteiger partial charge in [-0.3, -0.25) is 9.20 Å². The molecule has 2 saturated carbocycles. The maximum atomic E-state index is 12.9. The number of amides is 1. The molecule has 2 aromatic heterocycles. The molecule has 6 heteroatoms. The van der Waals surface area contributed by atoms with Gasteiger partial charge in [0.2, 0.25) is 5.78 Å². The van der Waals surface area contributed by atoms with Crippen LogP contribution in [-0.4, -0.2) is 51.0 Å². The molecule has 2 aromatic rings. The third kappa shape index (κ3) is 2.24. The summed E-state index contributed by atoms with van der Waals surface area (Å²) in [4.78, 5) is 23.4. The van der Waals surface area contributed by atoms with Crippen molar-refractivity contribution < 1.29 is 9.53 Å². The molecule has 0 aromatic carbocycles. The molecule has 128 valence electrons. The number of fused-ring (bicyclic) bond motifs is 1. The average molecular weight is 328 g/mol. The molecule has 0 bridgehead atoms. The quantitative estimate of drug-likeness (QED) is 0.865. The highest BCUT2D eigenvalue weighted by molar-refractivity contribution is 5.93. The van der Waals surface area contributed by atoms with Gasteiger partial charge < -0.3 is 9.64 Å². The first-order chi connectivity index (χ1) is 11.7. The van der Waals surface area contributed by atoms with E-state index in [-0.39, 0.29) is 17.4 Å². The monoisotopic (exact) mass is 328 g/mol. The Labute approximate surface area is 141 Å². The van der Waals surface area contributed by atoms with Crippen LogP contribution in [0.2, 0.25) is 0 Å². The van der Waals surface area contributed by atoms with Crippen LogP contribution in [0.1, 0.15) is 49.5 Å². The maximum absolute atomic E-state index is 12.9. The van der Waals surface area contributed by atoms with Crippen LogP contribution in [0.3, 0.4) is 0 Å². The van der Waals surface area contributed by atoms with Crippen molar-refractivity contribution >= 4 is 11.7 Å². The van der Waals surface area contributed by atoms with E-state index in [1.165, 1.54) is 12.8 Å². The summed E-state index contributed by atoms with van der Waals surface area (Å²) >= 11 is 0. The Balaban J connectivity index is 1.56. The molecule has 1 spiro atoms. The lowest BCUT2D eigenvalue weighted by atomic mass is 9.60. The molecular formula is C18H24N4O2. The van der Waals surface area contributed by atoms with E-state index in [9.17, 15) is 4.79 Å². The molecular weight excluding hydrogens is 304 g/mol. The van der Waals surface area contributed by atoms with Crippen LogP contribution in [0.4, 0.5) is 0 Å². The molecule has 4 rings (SSSR count). The van der Waals surface area contributed by atoms with E-state index >= 15 is 0 Å². The summed E-state index contributed by atoms with van der Waals surface area (Å²) in [6.45, 7) is 2.80. The third-order valence-corrected chi connectivity index (χ3v) is 5.89. The zero-order valence-electron chi connectivity index (χ0n) is 14.3. The van der Waals surface area contributed by atoms with Crippen molar-refractivity contribution in [2.75, 3.05) is 13.7 Å². The summed E-state index contributed by atoms with van der Waals surface area (Å²) in [5, 5.41) is 0. The molecule has 2 aliphatic rings. The molecule has 2 heterocycles. The number of carbonyl (C=O) groups excluding carboxylic acids is 1. The van der Waals surface area contributed by atoms with Crippen LogP contribution in [0.25, 0.3) is 5.78 Å². The molecule has 0 unspecified atom stereocenters. The number of nitrogens with zero attached hydrogens (tertiary/aromatic N) is 4. The van der Waals surface area contributed by atoms with Gasteiger partial charge in [-0.15, -0.1) is 0 Å². The van der Waals surface area contributed by atoms with E-state index in [2.05, 4.69) is 16.9 Å². The average Bonchev–Trinajstić information content (AvgIpc) is 3.25. The Morgan fingerprint density at radius 1 is 1.46 bits per heavy atom. The molecule has 0 N–H and O–H groups in total. The van der Waals surface area contributed by atoms with Crippen LogP contribution >= 0.6 is 0 Å². The van der Waals surface area contributed by atoms with Crippen molar-refractivity contribution in [1.29, 1.82) is 0 Å². The van der Waals surface area contributed by atoms with Gasteiger partial charge in [0.15, 0.2) is 0 Å². The Bertz CT molecular complexity index is 717. The highest BCUT2D eigenvalue weighted by atomic mass is 16.5. The first-order valence-corrected chi connectivity index (χ1v) is 8.84. The van der Waals surface area contributed by atoms with Crippen molar-refractivity contribution in [1.82, 2.24) is 19.3 Å². The van der Waals surface area contributed by atoms with Crippen LogP contribution in [-0.2, 0) is 4.74 Å². The number of aromatic nitrogens is 3. The van der Waals surface area contributed by atoms with Crippen molar-refractivity contribution in [2.24, 2.45) is 5.41 Å². The summed E-state index contributed by atoms with van der Waals surface area (Å²) < 4.78 is 7.75. The van der Waals surface area contributed by atoms with Gasteiger partial charge in [0.25, 0.3) is 5.91 Å². The van der Waals surface area contributed by atoms with E-state index < -0.39 is 0 Å². The van der Waals surface area contributed by atoms with Gasteiger partial charge in [0.1, 0.15) is 5.69 Å². The van der Waals surface area contributed by atoms with Crippen LogP contribution in [0.15, 0.2) is 24.7 Å². The maximum Gasteiger partial charge on any atom is 0.274 e. The molecule has 2 fully saturated rings. The largest absolute Gasteiger partial charge is 0.378 e. The van der Waals surface area contributed by atoms with E-state index in [1.807, 2.05) is 24.2 Å². The zero-order chi connectivity index (χ0) is 16.7. The minimum Gasteiger partial charge on any atom is -0.378 e. The van der Waals surface area contributed by atoms with E-state index in [0.29, 0.717) is 17.6 Å². The molecule has 2 atom stereocenters. The normalized spacial score (nSPS) is 25.1. The topological polar surface area (TPSA) is 59.7 Å². The zero-order valence-corrected chi connectivity index (χ0v) is 14.3.